The van der Waals surface area contributed by atoms with Crippen LogP contribution in [0.5, 0.6) is 5.75 Å². The molecule has 0 radical (unpaired) electrons. The average Bonchev–Trinajstić information content (AvgIpc) is 2.97. The Morgan fingerprint density at radius 3 is 2.04 bits per heavy atom. The fourth-order valence-electron chi connectivity index (χ4n) is 5.03. The molecule has 0 saturated carbocycles. The molecule has 4 atom stereocenters. The molecule has 2 rings (SSSR count). The van der Waals surface area contributed by atoms with Crippen LogP contribution in [0.3, 0.4) is 0 Å². The maximum Gasteiger partial charge on any atom is 0.408 e. The number of unbranched alkanes of at least 4 members (excludes halogenated alkanes) is 2. The molecule has 4 unspecified atom stereocenters. The number of rotatable bonds is 15. The molecule has 0 saturated heterocycles. The van der Waals surface area contributed by atoms with Crippen molar-refractivity contribution in [1.29, 1.82) is 0 Å². The summed E-state index contributed by atoms with van der Waals surface area (Å²) in [6.45, 7) is 16.5. The Morgan fingerprint density at radius 1 is 0.851 bits per heavy atom. The summed E-state index contributed by atoms with van der Waals surface area (Å²) in [5.41, 5.74) is -0.421. The number of nitrogens with one attached hydrogen (secondary N) is 2. The molecular formula is C37H55N3O7. The van der Waals surface area contributed by atoms with Gasteiger partial charge in [0.2, 0.25) is 11.8 Å². The number of phenolic OH excluding ortho intramolecular Hbond substituents is 1. The van der Waals surface area contributed by atoms with E-state index >= 15 is 0 Å². The van der Waals surface area contributed by atoms with Gasteiger partial charge in [-0.05, 0) is 77.1 Å². The molecule has 3 N–H and O–H groups in total. The second-order valence-corrected chi connectivity index (χ2v) is 14.0. The first-order valence-electron chi connectivity index (χ1n) is 16.6. The molecule has 0 aromatic heterocycles. The van der Waals surface area contributed by atoms with Crippen LogP contribution in [0.15, 0.2) is 54.6 Å². The Hall–Kier alpha value is -4.08. The van der Waals surface area contributed by atoms with Crippen molar-refractivity contribution in [1.82, 2.24) is 15.5 Å². The number of amides is 3. The van der Waals surface area contributed by atoms with Crippen molar-refractivity contribution in [2.75, 3.05) is 6.54 Å². The summed E-state index contributed by atoms with van der Waals surface area (Å²) >= 11 is 0. The van der Waals surface area contributed by atoms with Crippen LogP contribution < -0.4 is 10.6 Å². The summed E-state index contributed by atoms with van der Waals surface area (Å²) in [5.74, 6) is -2.09. The zero-order valence-electron chi connectivity index (χ0n) is 29.6. The summed E-state index contributed by atoms with van der Waals surface area (Å²) < 4.78 is 11.2. The molecule has 0 bridgehead atoms. The number of hydrogen-bond acceptors (Lipinski definition) is 7. The second kappa shape index (κ2) is 17.7. The SMILES string of the molecule is CCCCCN(C(=O)C(NC(=O)OC(C)(C)C)C(C)CC)C(C(=O)NC(Cc1ccccc1)C(=O)OC(C)(C)C)c1cccc(O)c1. The molecule has 3 amide bonds. The van der Waals surface area contributed by atoms with Crippen molar-refractivity contribution in [3.8, 4) is 5.75 Å². The highest BCUT2D eigenvalue weighted by atomic mass is 16.6. The van der Waals surface area contributed by atoms with Gasteiger partial charge in [0.25, 0.3) is 0 Å². The van der Waals surface area contributed by atoms with E-state index in [2.05, 4.69) is 10.6 Å². The van der Waals surface area contributed by atoms with Crippen molar-refractivity contribution in [2.45, 2.75) is 124 Å². The summed E-state index contributed by atoms with van der Waals surface area (Å²) in [6.07, 6.45) is 2.23. The van der Waals surface area contributed by atoms with Crippen molar-refractivity contribution >= 4 is 23.9 Å². The first kappa shape index (κ1) is 39.1. The van der Waals surface area contributed by atoms with Crippen molar-refractivity contribution in [2.24, 2.45) is 5.92 Å². The molecule has 0 aliphatic carbocycles. The minimum Gasteiger partial charge on any atom is -0.508 e. The number of esters is 1. The Kier molecular flexibility index (Phi) is 14.8. The summed E-state index contributed by atoms with van der Waals surface area (Å²) in [5, 5.41) is 16.1. The fraction of sp³-hybridized carbons (Fsp3) is 0.568. The molecule has 0 aliphatic rings. The van der Waals surface area contributed by atoms with E-state index in [4.69, 9.17) is 9.47 Å². The molecule has 2 aromatic carbocycles. The summed E-state index contributed by atoms with van der Waals surface area (Å²) in [4.78, 5) is 56.9. The smallest absolute Gasteiger partial charge is 0.408 e. The molecule has 10 heteroatoms. The number of carbonyl (C=O) groups excluding carboxylic acids is 4. The normalized spacial score (nSPS) is 14.2. The van der Waals surface area contributed by atoms with Gasteiger partial charge in [0.1, 0.15) is 35.1 Å². The molecule has 0 spiro atoms. The number of benzene rings is 2. The minimum atomic E-state index is -1.24. The van der Waals surface area contributed by atoms with Gasteiger partial charge in [0.05, 0.1) is 0 Å². The van der Waals surface area contributed by atoms with Crippen LogP contribution in [0.2, 0.25) is 0 Å². The van der Waals surface area contributed by atoms with Gasteiger partial charge in [-0.25, -0.2) is 9.59 Å². The van der Waals surface area contributed by atoms with Crippen LogP contribution in [0.1, 0.15) is 105 Å². The highest BCUT2D eigenvalue weighted by Crippen LogP contribution is 2.28. The minimum absolute atomic E-state index is 0.0837. The third-order valence-corrected chi connectivity index (χ3v) is 7.47. The Bertz CT molecular complexity index is 1320. The fourth-order valence-corrected chi connectivity index (χ4v) is 5.03. The number of aromatic hydroxyl groups is 1. The topological polar surface area (TPSA) is 134 Å². The van der Waals surface area contributed by atoms with Gasteiger partial charge in [-0.1, -0.05) is 82.5 Å². The average molecular weight is 654 g/mol. The molecule has 2 aromatic rings. The van der Waals surface area contributed by atoms with E-state index in [1.54, 1.807) is 53.7 Å². The quantitative estimate of drug-likeness (QED) is 0.148. The third-order valence-electron chi connectivity index (χ3n) is 7.47. The van der Waals surface area contributed by atoms with E-state index in [9.17, 15) is 24.3 Å². The lowest BCUT2D eigenvalue weighted by Crippen LogP contribution is -2.56. The first-order chi connectivity index (χ1) is 22.0. The van der Waals surface area contributed by atoms with E-state index in [1.165, 1.54) is 17.0 Å². The van der Waals surface area contributed by atoms with Crippen LogP contribution in [0, 0.1) is 5.92 Å². The number of ether oxygens (including phenoxy) is 2. The third kappa shape index (κ3) is 13.3. The van der Waals surface area contributed by atoms with Crippen LogP contribution in [0.25, 0.3) is 0 Å². The number of nitrogens with zero attached hydrogens (tertiary/aromatic N) is 1. The zero-order chi connectivity index (χ0) is 35.4. The number of carbonyl (C=O) groups is 4. The summed E-state index contributed by atoms with van der Waals surface area (Å²) in [7, 11) is 0. The number of alkyl carbamates (subject to hydrolysis) is 1. The zero-order valence-corrected chi connectivity index (χ0v) is 29.6. The van der Waals surface area contributed by atoms with E-state index < -0.39 is 53.2 Å². The van der Waals surface area contributed by atoms with Gasteiger partial charge in [-0.15, -0.1) is 0 Å². The van der Waals surface area contributed by atoms with Gasteiger partial charge in [0.15, 0.2) is 0 Å². The van der Waals surface area contributed by atoms with Gasteiger partial charge in [-0.2, -0.15) is 0 Å². The van der Waals surface area contributed by atoms with Crippen LogP contribution in [0.4, 0.5) is 4.79 Å². The van der Waals surface area contributed by atoms with E-state index in [1.807, 2.05) is 51.1 Å². The molecule has 0 heterocycles. The number of hydrogen-bond donors (Lipinski definition) is 3. The highest BCUT2D eigenvalue weighted by Gasteiger charge is 2.39. The largest absolute Gasteiger partial charge is 0.508 e. The van der Waals surface area contributed by atoms with E-state index in [0.717, 1.165) is 18.4 Å². The maximum atomic E-state index is 14.6. The molecular weight excluding hydrogens is 598 g/mol. The van der Waals surface area contributed by atoms with Crippen LogP contribution in [-0.2, 0) is 30.3 Å². The lowest BCUT2D eigenvalue weighted by Gasteiger charge is -2.36. The van der Waals surface area contributed by atoms with Crippen molar-refractivity contribution in [3.05, 3.63) is 65.7 Å². The number of phenols is 1. The predicted molar refractivity (Wildman–Crippen MR) is 183 cm³/mol. The molecule has 0 aliphatic heterocycles. The summed E-state index contributed by atoms with van der Waals surface area (Å²) in [6, 6.07) is 12.1. The van der Waals surface area contributed by atoms with Gasteiger partial charge in [0, 0.05) is 13.0 Å². The van der Waals surface area contributed by atoms with Crippen LogP contribution in [-0.4, -0.2) is 63.7 Å². The monoisotopic (exact) mass is 653 g/mol. The standard InChI is InChI=1S/C37H55N3O7/c1-10-12-16-22-40(33(43)30(25(3)11-2)39-35(45)47-37(7,8)9)31(27-20-17-21-28(41)24-27)32(42)38-29(34(44)46-36(4,5)6)23-26-18-14-13-15-19-26/h13-15,17-21,24-25,29-31,41H,10-12,16,22-23H2,1-9H3,(H,38,42)(H,39,45). The molecule has 47 heavy (non-hydrogen) atoms. The van der Waals surface area contributed by atoms with Gasteiger partial charge in [-0.3, -0.25) is 9.59 Å². The lowest BCUT2D eigenvalue weighted by atomic mass is 9.95. The molecule has 260 valence electrons. The Labute approximate surface area is 280 Å². The van der Waals surface area contributed by atoms with Gasteiger partial charge >= 0.3 is 12.1 Å². The van der Waals surface area contributed by atoms with Crippen LogP contribution >= 0.6 is 0 Å². The van der Waals surface area contributed by atoms with Crippen molar-refractivity contribution < 1.29 is 33.8 Å². The van der Waals surface area contributed by atoms with Crippen molar-refractivity contribution in [3.63, 3.8) is 0 Å². The Morgan fingerprint density at radius 2 is 1.49 bits per heavy atom. The Balaban J connectivity index is 2.64. The maximum absolute atomic E-state index is 14.6. The highest BCUT2D eigenvalue weighted by molar-refractivity contribution is 5.94. The lowest BCUT2D eigenvalue weighted by molar-refractivity contribution is -0.159. The first-order valence-corrected chi connectivity index (χ1v) is 16.6. The van der Waals surface area contributed by atoms with E-state index in [0.29, 0.717) is 18.4 Å². The predicted octanol–water partition coefficient (Wildman–Crippen LogP) is 6.46. The van der Waals surface area contributed by atoms with E-state index in [-0.39, 0.29) is 24.6 Å². The molecule has 0 fully saturated rings. The van der Waals surface area contributed by atoms with Gasteiger partial charge < -0.3 is 30.1 Å². The second-order valence-electron chi connectivity index (χ2n) is 14.0. The molecule has 10 nitrogen and oxygen atoms in total.